The summed E-state index contributed by atoms with van der Waals surface area (Å²) in [6.07, 6.45) is -1.05. The van der Waals surface area contributed by atoms with Gasteiger partial charge in [-0.05, 0) is 25.2 Å². The Labute approximate surface area is 106 Å². The molecule has 1 heterocycles. The highest BCUT2D eigenvalue weighted by atomic mass is 19.4. The van der Waals surface area contributed by atoms with E-state index in [1.165, 1.54) is 12.8 Å². The Hall–Kier alpha value is -0.330. The van der Waals surface area contributed by atoms with Crippen LogP contribution in [0, 0.1) is 5.92 Å². The molecule has 1 aliphatic carbocycles. The molecule has 6 heteroatoms. The van der Waals surface area contributed by atoms with Crippen LogP contribution in [-0.4, -0.2) is 49.6 Å². The van der Waals surface area contributed by atoms with Gasteiger partial charge in [0.05, 0.1) is 6.61 Å². The van der Waals surface area contributed by atoms with E-state index < -0.39 is 6.36 Å². The highest BCUT2D eigenvalue weighted by Crippen LogP contribution is 2.34. The van der Waals surface area contributed by atoms with E-state index in [0.29, 0.717) is 18.6 Å². The maximum absolute atomic E-state index is 12.0. The summed E-state index contributed by atoms with van der Waals surface area (Å²) in [6.45, 7) is 3.90. The maximum Gasteiger partial charge on any atom is 0.522 e. The molecule has 2 fully saturated rings. The smallest absolute Gasteiger partial charge is 0.311 e. The first kappa shape index (κ1) is 14.1. The summed E-state index contributed by atoms with van der Waals surface area (Å²) in [7, 11) is 0. The molecule has 0 aromatic rings. The molecule has 3 nitrogen and oxygen atoms in total. The zero-order valence-corrected chi connectivity index (χ0v) is 10.7. The van der Waals surface area contributed by atoms with Crippen molar-refractivity contribution in [1.29, 1.82) is 0 Å². The SMILES string of the molecule is CCC1CNC(C2CC2)CN1CCOC(F)(F)F. The van der Waals surface area contributed by atoms with Crippen molar-refractivity contribution in [1.82, 2.24) is 10.2 Å². The first-order valence-corrected chi connectivity index (χ1v) is 6.67. The molecule has 1 saturated carbocycles. The number of ether oxygens (including phenoxy) is 1. The molecule has 0 aromatic heterocycles. The van der Waals surface area contributed by atoms with Crippen LogP contribution in [0.3, 0.4) is 0 Å². The van der Waals surface area contributed by atoms with Gasteiger partial charge in [-0.2, -0.15) is 0 Å². The second-order valence-corrected chi connectivity index (χ2v) is 5.20. The monoisotopic (exact) mass is 266 g/mol. The lowest BCUT2D eigenvalue weighted by Gasteiger charge is -2.40. The summed E-state index contributed by atoms with van der Waals surface area (Å²) in [5.41, 5.74) is 0. The van der Waals surface area contributed by atoms with E-state index in [1.54, 1.807) is 0 Å². The van der Waals surface area contributed by atoms with Crippen molar-refractivity contribution in [2.75, 3.05) is 26.2 Å². The summed E-state index contributed by atoms with van der Waals surface area (Å²) in [4.78, 5) is 2.14. The van der Waals surface area contributed by atoms with Crippen LogP contribution in [-0.2, 0) is 4.74 Å². The summed E-state index contributed by atoms with van der Waals surface area (Å²) < 4.78 is 39.7. The predicted octanol–water partition coefficient (Wildman–Crippen LogP) is 1.99. The number of hydrogen-bond donors (Lipinski definition) is 1. The van der Waals surface area contributed by atoms with Crippen molar-refractivity contribution >= 4 is 0 Å². The highest BCUT2D eigenvalue weighted by Gasteiger charge is 2.37. The first-order valence-electron chi connectivity index (χ1n) is 6.67. The lowest BCUT2D eigenvalue weighted by Crippen LogP contribution is -2.57. The number of piperazine rings is 1. The van der Waals surface area contributed by atoms with Gasteiger partial charge in [0.25, 0.3) is 0 Å². The van der Waals surface area contributed by atoms with E-state index in [-0.39, 0.29) is 6.61 Å². The Morgan fingerprint density at radius 1 is 1.33 bits per heavy atom. The molecule has 0 aromatic carbocycles. The third kappa shape index (κ3) is 4.10. The summed E-state index contributed by atoms with van der Waals surface area (Å²) >= 11 is 0. The first-order chi connectivity index (χ1) is 8.49. The summed E-state index contributed by atoms with van der Waals surface area (Å²) in [5.74, 6) is 0.730. The molecule has 0 radical (unpaired) electrons. The standard InChI is InChI=1S/C12H21F3N2O/c1-2-10-7-16-11(9-3-4-9)8-17(10)5-6-18-12(13,14)15/h9-11,16H,2-8H2,1H3. The predicted molar refractivity (Wildman–Crippen MR) is 62.2 cm³/mol. The van der Waals surface area contributed by atoms with E-state index in [0.717, 1.165) is 25.4 Å². The highest BCUT2D eigenvalue weighted by molar-refractivity contribution is 4.94. The van der Waals surface area contributed by atoms with Gasteiger partial charge in [-0.1, -0.05) is 6.92 Å². The van der Waals surface area contributed by atoms with Crippen LogP contribution in [0.4, 0.5) is 13.2 Å². The minimum Gasteiger partial charge on any atom is -0.311 e. The Morgan fingerprint density at radius 2 is 2.06 bits per heavy atom. The van der Waals surface area contributed by atoms with Crippen LogP contribution in [0.2, 0.25) is 0 Å². The molecule has 2 rings (SSSR count). The van der Waals surface area contributed by atoms with Crippen LogP contribution >= 0.6 is 0 Å². The number of alkyl halides is 3. The van der Waals surface area contributed by atoms with Crippen molar-refractivity contribution in [2.45, 2.75) is 44.6 Å². The fourth-order valence-corrected chi connectivity index (χ4v) is 2.65. The molecule has 2 atom stereocenters. The Morgan fingerprint density at radius 3 is 2.61 bits per heavy atom. The normalized spacial score (nSPS) is 30.7. The van der Waals surface area contributed by atoms with Gasteiger partial charge >= 0.3 is 6.36 Å². The fraction of sp³-hybridized carbons (Fsp3) is 1.00. The molecule has 106 valence electrons. The quantitative estimate of drug-likeness (QED) is 0.823. The second kappa shape index (κ2) is 5.75. The molecule has 0 amide bonds. The van der Waals surface area contributed by atoms with Crippen LogP contribution in [0.1, 0.15) is 26.2 Å². The second-order valence-electron chi connectivity index (χ2n) is 5.20. The van der Waals surface area contributed by atoms with Crippen molar-refractivity contribution in [3.8, 4) is 0 Å². The molecule has 18 heavy (non-hydrogen) atoms. The van der Waals surface area contributed by atoms with Crippen LogP contribution < -0.4 is 5.32 Å². The van der Waals surface area contributed by atoms with Gasteiger partial charge < -0.3 is 5.32 Å². The zero-order chi connectivity index (χ0) is 13.2. The van der Waals surface area contributed by atoms with Crippen molar-refractivity contribution in [2.24, 2.45) is 5.92 Å². The lowest BCUT2D eigenvalue weighted by atomic mass is 10.0. The molecule has 1 aliphatic heterocycles. The largest absolute Gasteiger partial charge is 0.522 e. The van der Waals surface area contributed by atoms with E-state index in [4.69, 9.17) is 0 Å². The van der Waals surface area contributed by atoms with Gasteiger partial charge in [-0.3, -0.25) is 9.64 Å². The van der Waals surface area contributed by atoms with E-state index >= 15 is 0 Å². The minimum absolute atomic E-state index is 0.266. The average molecular weight is 266 g/mol. The molecule has 2 aliphatic rings. The Kier molecular flexibility index (Phi) is 4.50. The number of rotatable bonds is 5. The molecule has 1 saturated heterocycles. The molecule has 0 bridgehead atoms. The topological polar surface area (TPSA) is 24.5 Å². The van der Waals surface area contributed by atoms with E-state index in [1.807, 2.05) is 0 Å². The Balaban J connectivity index is 1.78. The third-order valence-corrected chi connectivity index (χ3v) is 3.87. The number of halogens is 3. The van der Waals surface area contributed by atoms with Crippen molar-refractivity contribution in [3.63, 3.8) is 0 Å². The molecule has 1 N–H and O–H groups in total. The number of nitrogens with zero attached hydrogens (tertiary/aromatic N) is 1. The third-order valence-electron chi connectivity index (χ3n) is 3.87. The fourth-order valence-electron chi connectivity index (χ4n) is 2.65. The van der Waals surface area contributed by atoms with Gasteiger partial charge in [0.2, 0.25) is 0 Å². The summed E-state index contributed by atoms with van der Waals surface area (Å²) in [6, 6.07) is 0.788. The van der Waals surface area contributed by atoms with Gasteiger partial charge in [0, 0.05) is 31.7 Å². The molecular weight excluding hydrogens is 245 g/mol. The molecular formula is C12H21F3N2O. The van der Waals surface area contributed by atoms with Crippen LogP contribution in [0.5, 0.6) is 0 Å². The zero-order valence-electron chi connectivity index (χ0n) is 10.7. The van der Waals surface area contributed by atoms with Crippen molar-refractivity contribution in [3.05, 3.63) is 0 Å². The van der Waals surface area contributed by atoms with E-state index in [2.05, 4.69) is 21.9 Å². The van der Waals surface area contributed by atoms with Crippen molar-refractivity contribution < 1.29 is 17.9 Å². The number of nitrogens with one attached hydrogen (secondary N) is 1. The van der Waals surface area contributed by atoms with Crippen LogP contribution in [0.25, 0.3) is 0 Å². The Bertz CT molecular complexity index is 269. The molecule has 2 unspecified atom stereocenters. The van der Waals surface area contributed by atoms with Gasteiger partial charge in [-0.15, -0.1) is 13.2 Å². The van der Waals surface area contributed by atoms with Gasteiger partial charge in [0.15, 0.2) is 0 Å². The van der Waals surface area contributed by atoms with Crippen LogP contribution in [0.15, 0.2) is 0 Å². The molecule has 0 spiro atoms. The minimum atomic E-state index is -4.51. The lowest BCUT2D eigenvalue weighted by molar-refractivity contribution is -0.325. The number of hydrogen-bond acceptors (Lipinski definition) is 3. The van der Waals surface area contributed by atoms with E-state index in [9.17, 15) is 13.2 Å². The average Bonchev–Trinajstić information content (AvgIpc) is 3.11. The van der Waals surface area contributed by atoms with Gasteiger partial charge in [-0.25, -0.2) is 0 Å². The maximum atomic E-state index is 12.0. The summed E-state index contributed by atoms with van der Waals surface area (Å²) in [5, 5.41) is 3.51. The van der Waals surface area contributed by atoms with Gasteiger partial charge in [0.1, 0.15) is 0 Å².